The number of carbonyl (C=O) groups is 3. The number of alkyl carbamates (subject to hydrolysis) is 1. The molecule has 0 heterocycles. The zero-order chi connectivity index (χ0) is 23.7. The first-order valence-corrected chi connectivity index (χ1v) is 10.7. The molecule has 0 radical (unpaired) electrons. The summed E-state index contributed by atoms with van der Waals surface area (Å²) in [5.41, 5.74) is 0.188. The van der Waals surface area contributed by atoms with E-state index in [1.54, 1.807) is 25.1 Å². The lowest BCUT2D eigenvalue weighted by molar-refractivity contribution is -0.116. The first-order chi connectivity index (χ1) is 15.1. The van der Waals surface area contributed by atoms with Crippen LogP contribution in [0.5, 0.6) is 5.75 Å². The average Bonchev–Trinajstić information content (AvgIpc) is 2.69. The Bertz CT molecular complexity index is 1130. The summed E-state index contributed by atoms with van der Waals surface area (Å²) >= 11 is 0. The summed E-state index contributed by atoms with van der Waals surface area (Å²) in [4.78, 5) is 38.2. The molecular formula is C20H22N4O7S. The number of carbonyl (C=O) groups excluding carboxylic acids is 3. The number of anilines is 2. The quantitative estimate of drug-likeness (QED) is 0.336. The normalized spacial score (nSPS) is 11.3. The maximum absolute atomic E-state index is 12.7. The zero-order valence-corrected chi connectivity index (χ0v) is 18.4. The molecule has 12 heteroatoms. The predicted octanol–water partition coefficient (Wildman–Crippen LogP) is 2.47. The maximum atomic E-state index is 12.7. The molecule has 0 fully saturated rings. The lowest BCUT2D eigenvalue weighted by Gasteiger charge is -2.16. The van der Waals surface area contributed by atoms with E-state index in [1.165, 1.54) is 31.2 Å². The summed E-state index contributed by atoms with van der Waals surface area (Å²) in [6.07, 6.45) is -0.891. The van der Waals surface area contributed by atoms with Gasteiger partial charge in [-0.3, -0.25) is 14.9 Å². The fourth-order valence-corrected chi connectivity index (χ4v) is 3.33. The van der Waals surface area contributed by atoms with Crippen LogP contribution in [0.25, 0.3) is 0 Å². The van der Waals surface area contributed by atoms with Crippen molar-refractivity contribution in [3.8, 4) is 5.75 Å². The Labute approximate surface area is 184 Å². The number of rotatable bonds is 6. The van der Waals surface area contributed by atoms with E-state index >= 15 is 0 Å². The van der Waals surface area contributed by atoms with Crippen LogP contribution in [-0.4, -0.2) is 38.9 Å². The minimum Gasteiger partial charge on any atom is -0.450 e. The second-order valence-electron chi connectivity index (χ2n) is 6.19. The molecule has 2 aromatic carbocycles. The van der Waals surface area contributed by atoms with Gasteiger partial charge in [0.05, 0.1) is 18.0 Å². The van der Waals surface area contributed by atoms with Crippen LogP contribution in [0.4, 0.5) is 16.2 Å². The van der Waals surface area contributed by atoms with E-state index in [9.17, 15) is 22.8 Å². The summed E-state index contributed by atoms with van der Waals surface area (Å²) in [5.74, 6) is -1.31. The van der Waals surface area contributed by atoms with E-state index in [0.29, 0.717) is 0 Å². The molecule has 0 spiro atoms. The van der Waals surface area contributed by atoms with Gasteiger partial charge in [-0.15, -0.1) is 0 Å². The van der Waals surface area contributed by atoms with Crippen LogP contribution in [0.2, 0.25) is 0 Å². The highest BCUT2D eigenvalue weighted by Gasteiger charge is 2.20. The Kier molecular flexibility index (Phi) is 8.30. The molecular weight excluding hydrogens is 440 g/mol. The molecule has 0 saturated carbocycles. The number of ether oxygens (including phenoxy) is 1. The van der Waals surface area contributed by atoms with Gasteiger partial charge in [0.1, 0.15) is 10.6 Å². The van der Waals surface area contributed by atoms with Crippen molar-refractivity contribution in [3.63, 3.8) is 0 Å². The minimum absolute atomic E-state index is 0.0229. The fraction of sp³-hybridized carbons (Fsp3) is 0.200. The Morgan fingerprint density at radius 2 is 1.66 bits per heavy atom. The number of hydrogen-bond donors (Lipinski definition) is 3. The molecule has 3 amide bonds. The average molecular weight is 462 g/mol. The van der Waals surface area contributed by atoms with Crippen LogP contribution in [0.3, 0.4) is 0 Å². The highest BCUT2D eigenvalue weighted by molar-refractivity contribution is 7.87. The molecule has 0 bridgehead atoms. The van der Waals surface area contributed by atoms with Crippen LogP contribution in [0, 0.1) is 0 Å². The number of guanidine groups is 1. The van der Waals surface area contributed by atoms with Crippen molar-refractivity contribution in [1.82, 2.24) is 5.32 Å². The van der Waals surface area contributed by atoms with Crippen LogP contribution in [-0.2, 0) is 24.4 Å². The van der Waals surface area contributed by atoms with Crippen LogP contribution in [0.1, 0.15) is 20.8 Å². The van der Waals surface area contributed by atoms with Gasteiger partial charge in [0.2, 0.25) is 17.8 Å². The molecule has 3 N–H and O–H groups in total. The molecule has 2 aromatic rings. The van der Waals surface area contributed by atoms with Crippen molar-refractivity contribution in [3.05, 3.63) is 48.5 Å². The van der Waals surface area contributed by atoms with Crippen molar-refractivity contribution < 1.29 is 31.7 Å². The molecule has 170 valence electrons. The zero-order valence-electron chi connectivity index (χ0n) is 17.5. The van der Waals surface area contributed by atoms with Gasteiger partial charge in [-0.05, 0) is 37.3 Å². The predicted molar refractivity (Wildman–Crippen MR) is 117 cm³/mol. The number of para-hydroxylation sites is 1. The molecule has 0 unspecified atom stereocenters. The summed E-state index contributed by atoms with van der Waals surface area (Å²) < 4.78 is 35.3. The van der Waals surface area contributed by atoms with Gasteiger partial charge in [-0.2, -0.15) is 13.4 Å². The Morgan fingerprint density at radius 3 is 2.25 bits per heavy atom. The van der Waals surface area contributed by atoms with E-state index in [1.807, 2.05) is 0 Å². The summed E-state index contributed by atoms with van der Waals surface area (Å²) in [5, 5.41) is 7.39. The number of amides is 3. The third-order valence-corrected chi connectivity index (χ3v) is 4.80. The van der Waals surface area contributed by atoms with Gasteiger partial charge in [-0.25, -0.2) is 4.79 Å². The topological polar surface area (TPSA) is 152 Å². The van der Waals surface area contributed by atoms with E-state index < -0.39 is 28.0 Å². The minimum atomic E-state index is -4.24. The van der Waals surface area contributed by atoms with Crippen molar-refractivity contribution in [1.29, 1.82) is 0 Å². The fourth-order valence-electron chi connectivity index (χ4n) is 2.37. The summed E-state index contributed by atoms with van der Waals surface area (Å²) in [6.45, 7) is 4.07. The molecule has 32 heavy (non-hydrogen) atoms. The van der Waals surface area contributed by atoms with E-state index in [-0.39, 0.29) is 34.6 Å². The van der Waals surface area contributed by atoms with Crippen molar-refractivity contribution in [2.75, 3.05) is 17.2 Å². The summed E-state index contributed by atoms with van der Waals surface area (Å²) in [6, 6.07) is 11.6. The second-order valence-corrected chi connectivity index (χ2v) is 7.74. The molecule has 0 saturated heterocycles. The monoisotopic (exact) mass is 462 g/mol. The first-order valence-electron chi connectivity index (χ1n) is 9.32. The van der Waals surface area contributed by atoms with Gasteiger partial charge in [0.25, 0.3) is 0 Å². The van der Waals surface area contributed by atoms with Crippen molar-refractivity contribution >= 4 is 45.4 Å². The van der Waals surface area contributed by atoms with Gasteiger partial charge in [-0.1, -0.05) is 18.2 Å². The number of benzene rings is 2. The number of nitrogens with zero attached hydrogens (tertiary/aromatic N) is 1. The highest BCUT2D eigenvalue weighted by Crippen LogP contribution is 2.27. The van der Waals surface area contributed by atoms with Crippen LogP contribution in [0.15, 0.2) is 58.4 Å². The smallest absolute Gasteiger partial charge is 0.413 e. The molecule has 0 aliphatic rings. The van der Waals surface area contributed by atoms with Crippen molar-refractivity contribution in [2.45, 2.75) is 25.7 Å². The Balaban J connectivity index is 2.44. The lowest BCUT2D eigenvalue weighted by Crippen LogP contribution is -2.37. The molecule has 0 atom stereocenters. The van der Waals surface area contributed by atoms with E-state index in [0.717, 1.165) is 13.0 Å². The SMILES string of the molecule is CCOC(=O)NC(=NC(C)=O)Nc1cc(S(=O)(=O)Oc2ccccc2)ccc1NC(C)=O. The Morgan fingerprint density at radius 1 is 0.969 bits per heavy atom. The molecule has 0 aromatic heterocycles. The molecule has 11 nitrogen and oxygen atoms in total. The maximum Gasteiger partial charge on any atom is 0.413 e. The third-order valence-electron chi connectivity index (χ3n) is 3.56. The van der Waals surface area contributed by atoms with Crippen LogP contribution < -0.4 is 20.1 Å². The van der Waals surface area contributed by atoms with Gasteiger partial charge >= 0.3 is 16.2 Å². The van der Waals surface area contributed by atoms with E-state index in [2.05, 4.69) is 20.9 Å². The standard InChI is InChI=1S/C20H22N4O7S/c1-4-30-20(27)24-19(22-14(3)26)23-18-12-16(10-11-17(18)21-13(2)25)32(28,29)31-15-8-6-5-7-9-15/h5-12H,4H2,1-3H3,(H,21,25)(H2,22,23,24,26,27). The molecule has 0 aliphatic heterocycles. The number of hydrogen-bond acceptors (Lipinski definition) is 7. The summed E-state index contributed by atoms with van der Waals surface area (Å²) in [7, 11) is -4.24. The van der Waals surface area contributed by atoms with Gasteiger partial charge in [0, 0.05) is 13.8 Å². The van der Waals surface area contributed by atoms with Gasteiger partial charge in [0.15, 0.2) is 0 Å². The molecule has 2 rings (SSSR count). The number of nitrogens with one attached hydrogen (secondary N) is 3. The highest BCUT2D eigenvalue weighted by atomic mass is 32.2. The van der Waals surface area contributed by atoms with Crippen LogP contribution >= 0.6 is 0 Å². The number of aliphatic imine (C=N–C) groups is 1. The Hall–Kier alpha value is -3.93. The first kappa shape index (κ1) is 24.3. The van der Waals surface area contributed by atoms with Crippen molar-refractivity contribution in [2.24, 2.45) is 4.99 Å². The van der Waals surface area contributed by atoms with E-state index in [4.69, 9.17) is 8.92 Å². The molecule has 0 aliphatic carbocycles. The lowest BCUT2D eigenvalue weighted by atomic mass is 10.2. The third kappa shape index (κ3) is 7.40. The van der Waals surface area contributed by atoms with Gasteiger partial charge < -0.3 is 19.6 Å². The second kappa shape index (κ2) is 10.9. The largest absolute Gasteiger partial charge is 0.450 e.